The highest BCUT2D eigenvalue weighted by Crippen LogP contribution is 2.13. The standard InChI is InChI=1S/C8H11N3O2/c1-2-13-8-6(7(9)11-12)4-3-5-10-8/h3-5,12H,2H2,1H3,(H2,9,11). The summed E-state index contributed by atoms with van der Waals surface area (Å²) < 4.78 is 5.18. The Morgan fingerprint density at radius 3 is 3.15 bits per heavy atom. The number of ether oxygens (including phenoxy) is 1. The maximum absolute atomic E-state index is 8.46. The molecule has 0 aliphatic carbocycles. The van der Waals surface area contributed by atoms with E-state index in [1.54, 1.807) is 18.3 Å². The Labute approximate surface area is 75.8 Å². The smallest absolute Gasteiger partial charge is 0.224 e. The van der Waals surface area contributed by atoms with Crippen molar-refractivity contribution in [1.82, 2.24) is 4.98 Å². The molecule has 0 unspecified atom stereocenters. The largest absolute Gasteiger partial charge is 0.477 e. The van der Waals surface area contributed by atoms with E-state index in [-0.39, 0.29) is 5.84 Å². The van der Waals surface area contributed by atoms with Gasteiger partial charge in [-0.25, -0.2) is 4.98 Å². The molecule has 1 heterocycles. The monoisotopic (exact) mass is 181 g/mol. The number of amidine groups is 1. The second-order valence-corrected chi connectivity index (χ2v) is 2.27. The fraction of sp³-hybridized carbons (Fsp3) is 0.250. The van der Waals surface area contributed by atoms with Crippen LogP contribution >= 0.6 is 0 Å². The molecule has 5 heteroatoms. The lowest BCUT2D eigenvalue weighted by atomic mass is 10.2. The highest BCUT2D eigenvalue weighted by molar-refractivity contribution is 5.98. The third-order valence-corrected chi connectivity index (χ3v) is 1.44. The van der Waals surface area contributed by atoms with Crippen LogP contribution in [-0.2, 0) is 0 Å². The van der Waals surface area contributed by atoms with Gasteiger partial charge in [0.2, 0.25) is 5.88 Å². The van der Waals surface area contributed by atoms with E-state index in [0.29, 0.717) is 18.1 Å². The quantitative estimate of drug-likeness (QED) is 0.309. The van der Waals surface area contributed by atoms with Gasteiger partial charge in [-0.2, -0.15) is 0 Å². The van der Waals surface area contributed by atoms with Crippen molar-refractivity contribution in [3.63, 3.8) is 0 Å². The Morgan fingerprint density at radius 1 is 1.77 bits per heavy atom. The van der Waals surface area contributed by atoms with E-state index in [9.17, 15) is 0 Å². The molecular weight excluding hydrogens is 170 g/mol. The average molecular weight is 181 g/mol. The van der Waals surface area contributed by atoms with Crippen LogP contribution < -0.4 is 10.5 Å². The van der Waals surface area contributed by atoms with Crippen LogP contribution in [0.2, 0.25) is 0 Å². The molecule has 1 aromatic heterocycles. The lowest BCUT2D eigenvalue weighted by molar-refractivity contribution is 0.314. The van der Waals surface area contributed by atoms with Crippen molar-refractivity contribution in [2.45, 2.75) is 6.92 Å². The second-order valence-electron chi connectivity index (χ2n) is 2.27. The number of hydrogen-bond donors (Lipinski definition) is 2. The summed E-state index contributed by atoms with van der Waals surface area (Å²) in [5, 5.41) is 11.3. The van der Waals surface area contributed by atoms with Gasteiger partial charge in [0, 0.05) is 6.20 Å². The van der Waals surface area contributed by atoms with Gasteiger partial charge in [0.25, 0.3) is 0 Å². The summed E-state index contributed by atoms with van der Waals surface area (Å²) in [4.78, 5) is 3.94. The Balaban J connectivity index is 3.04. The molecule has 0 aromatic carbocycles. The van der Waals surface area contributed by atoms with Gasteiger partial charge in [-0.3, -0.25) is 0 Å². The normalized spacial score (nSPS) is 11.3. The summed E-state index contributed by atoms with van der Waals surface area (Å²) >= 11 is 0. The summed E-state index contributed by atoms with van der Waals surface area (Å²) in [6, 6.07) is 3.36. The molecule has 0 amide bonds. The number of rotatable bonds is 3. The van der Waals surface area contributed by atoms with Crippen LogP contribution in [0.15, 0.2) is 23.5 Å². The van der Waals surface area contributed by atoms with Gasteiger partial charge >= 0.3 is 0 Å². The summed E-state index contributed by atoms with van der Waals surface area (Å²) in [5.41, 5.74) is 5.90. The highest BCUT2D eigenvalue weighted by atomic mass is 16.5. The molecule has 0 aliphatic heterocycles. The maximum atomic E-state index is 8.46. The van der Waals surface area contributed by atoms with Crippen molar-refractivity contribution in [1.29, 1.82) is 0 Å². The van der Waals surface area contributed by atoms with Crippen LogP contribution in [0.5, 0.6) is 5.88 Å². The van der Waals surface area contributed by atoms with E-state index >= 15 is 0 Å². The van der Waals surface area contributed by atoms with Gasteiger partial charge in [0.05, 0.1) is 12.2 Å². The molecule has 0 radical (unpaired) electrons. The molecule has 13 heavy (non-hydrogen) atoms. The molecule has 0 bridgehead atoms. The van der Waals surface area contributed by atoms with E-state index in [4.69, 9.17) is 15.7 Å². The van der Waals surface area contributed by atoms with Gasteiger partial charge in [-0.15, -0.1) is 0 Å². The molecule has 0 saturated carbocycles. The number of nitrogens with two attached hydrogens (primary N) is 1. The van der Waals surface area contributed by atoms with Crippen molar-refractivity contribution in [2.75, 3.05) is 6.61 Å². The SMILES string of the molecule is CCOc1ncccc1/C(N)=N/O. The molecule has 0 saturated heterocycles. The maximum Gasteiger partial charge on any atom is 0.224 e. The zero-order valence-corrected chi connectivity index (χ0v) is 7.27. The minimum Gasteiger partial charge on any atom is -0.477 e. The summed E-state index contributed by atoms with van der Waals surface area (Å²) in [5.74, 6) is 0.372. The minimum atomic E-state index is -0.00319. The number of pyridine rings is 1. The Bertz CT molecular complexity index is 312. The second kappa shape index (κ2) is 4.30. The van der Waals surface area contributed by atoms with Crippen molar-refractivity contribution in [2.24, 2.45) is 10.9 Å². The van der Waals surface area contributed by atoms with E-state index in [2.05, 4.69) is 10.1 Å². The minimum absolute atomic E-state index is 0.00319. The van der Waals surface area contributed by atoms with E-state index in [0.717, 1.165) is 0 Å². The first-order chi connectivity index (χ1) is 6.29. The van der Waals surface area contributed by atoms with Gasteiger partial charge in [-0.1, -0.05) is 5.16 Å². The summed E-state index contributed by atoms with van der Waals surface area (Å²) in [7, 11) is 0. The first-order valence-electron chi connectivity index (χ1n) is 3.85. The third kappa shape index (κ3) is 2.08. The topological polar surface area (TPSA) is 80.7 Å². The third-order valence-electron chi connectivity index (χ3n) is 1.44. The van der Waals surface area contributed by atoms with E-state index in [1.807, 2.05) is 6.92 Å². The molecule has 0 atom stereocenters. The van der Waals surface area contributed by atoms with Gasteiger partial charge in [-0.05, 0) is 19.1 Å². The molecule has 1 aromatic rings. The molecule has 0 fully saturated rings. The van der Waals surface area contributed by atoms with Crippen molar-refractivity contribution >= 4 is 5.84 Å². The van der Waals surface area contributed by atoms with Crippen molar-refractivity contribution in [3.05, 3.63) is 23.9 Å². The van der Waals surface area contributed by atoms with Gasteiger partial charge in [0.15, 0.2) is 5.84 Å². The molecule has 70 valence electrons. The number of nitrogens with zero attached hydrogens (tertiary/aromatic N) is 2. The predicted octanol–water partition coefficient (Wildman–Crippen LogP) is 0.575. The zero-order chi connectivity index (χ0) is 9.68. The first-order valence-corrected chi connectivity index (χ1v) is 3.85. The molecule has 0 aliphatic rings. The van der Waals surface area contributed by atoms with E-state index in [1.165, 1.54) is 0 Å². The number of oxime groups is 1. The Kier molecular flexibility index (Phi) is 3.08. The first kappa shape index (κ1) is 9.31. The van der Waals surface area contributed by atoms with Crippen LogP contribution in [0.3, 0.4) is 0 Å². The fourth-order valence-corrected chi connectivity index (χ4v) is 0.891. The van der Waals surface area contributed by atoms with Gasteiger partial charge in [0.1, 0.15) is 0 Å². The summed E-state index contributed by atoms with van der Waals surface area (Å²) in [6.07, 6.45) is 1.58. The van der Waals surface area contributed by atoms with E-state index < -0.39 is 0 Å². The Morgan fingerprint density at radius 2 is 2.54 bits per heavy atom. The average Bonchev–Trinajstić information content (AvgIpc) is 2.18. The number of aromatic nitrogens is 1. The number of hydrogen-bond acceptors (Lipinski definition) is 4. The molecule has 1 rings (SSSR count). The predicted molar refractivity (Wildman–Crippen MR) is 47.9 cm³/mol. The highest BCUT2D eigenvalue weighted by Gasteiger charge is 2.07. The van der Waals surface area contributed by atoms with Crippen LogP contribution in [0.25, 0.3) is 0 Å². The Hall–Kier alpha value is -1.78. The van der Waals surface area contributed by atoms with Crippen molar-refractivity contribution in [3.8, 4) is 5.88 Å². The lowest BCUT2D eigenvalue weighted by Gasteiger charge is -2.06. The lowest BCUT2D eigenvalue weighted by Crippen LogP contribution is -2.15. The van der Waals surface area contributed by atoms with Crippen LogP contribution in [0, 0.1) is 0 Å². The summed E-state index contributed by atoms with van der Waals surface area (Å²) in [6.45, 7) is 2.33. The van der Waals surface area contributed by atoms with Crippen LogP contribution in [0.4, 0.5) is 0 Å². The van der Waals surface area contributed by atoms with Crippen molar-refractivity contribution < 1.29 is 9.94 Å². The fourth-order valence-electron chi connectivity index (χ4n) is 0.891. The molecule has 5 nitrogen and oxygen atoms in total. The molecular formula is C8H11N3O2. The van der Waals surface area contributed by atoms with Crippen LogP contribution in [-0.4, -0.2) is 22.6 Å². The van der Waals surface area contributed by atoms with Gasteiger partial charge < -0.3 is 15.7 Å². The molecule has 0 spiro atoms. The molecule has 3 N–H and O–H groups in total. The zero-order valence-electron chi connectivity index (χ0n) is 7.27. The van der Waals surface area contributed by atoms with Crippen LogP contribution in [0.1, 0.15) is 12.5 Å².